The second-order valence-corrected chi connectivity index (χ2v) is 16.0. The molecule has 1 aliphatic heterocycles. The molecule has 2 rings (SSSR count). The monoisotopic (exact) mass is 865 g/mol. The van der Waals surface area contributed by atoms with E-state index in [1.807, 2.05) is 51.3 Å². The van der Waals surface area contributed by atoms with Crippen molar-refractivity contribution in [3.05, 3.63) is 108 Å². The number of nitrogens with one attached hydrogen (secondary N) is 2. The highest BCUT2D eigenvalue weighted by Crippen LogP contribution is 2.29. The summed E-state index contributed by atoms with van der Waals surface area (Å²) >= 11 is 0. The van der Waals surface area contributed by atoms with Crippen LogP contribution in [0.2, 0.25) is 0 Å². The van der Waals surface area contributed by atoms with Crippen LogP contribution < -0.4 is 11.1 Å². The molecule has 7 N–H and O–H groups in total. The number of nitrogens with zero attached hydrogens (tertiary/aromatic N) is 1. The standard InChI is InChI=1S/C48H72N4O10/c1-32(23-17-14-15-22-30-52(6)48(49)50)24-18-16-19-25-33(2)31-36(5)43(61-47-42(56)40(54)41(55)44(62-47)46(58)60-8)34(3)26-20-12-10-9-11-13-21-27-35(4)45(57)51-39-37(53)28-29-38(39)59-7/h9-14,17-18,20-21,24,26-27,31-34,40-44,47,54-56H,15-16,19,22-23,25,28-30H2,1-8H3,(H3,49,50)(H,51,57)/b11-9+,12-10+,17-14+,21-13+,24-18+,26-20+,35-27+,36-31+. The lowest BCUT2D eigenvalue weighted by Crippen LogP contribution is -2.61. The molecule has 14 heteroatoms. The van der Waals surface area contributed by atoms with Crippen LogP contribution in [0.5, 0.6) is 0 Å². The Balaban J connectivity index is 2.04. The Labute approximate surface area is 368 Å². The van der Waals surface area contributed by atoms with Gasteiger partial charge in [0.15, 0.2) is 24.1 Å². The zero-order chi connectivity index (χ0) is 46.2. The van der Waals surface area contributed by atoms with Crippen molar-refractivity contribution in [3.8, 4) is 0 Å². The fraction of sp³-hybridized carbons (Fsp3) is 0.542. The molecule has 2 aliphatic rings. The van der Waals surface area contributed by atoms with Gasteiger partial charge in [-0.2, -0.15) is 0 Å². The van der Waals surface area contributed by atoms with E-state index >= 15 is 0 Å². The average molecular weight is 865 g/mol. The molecule has 14 nitrogen and oxygen atoms in total. The number of aliphatic hydroxyl groups excluding tert-OH is 3. The van der Waals surface area contributed by atoms with Gasteiger partial charge in [-0.1, -0.05) is 106 Å². The molecule has 0 aromatic rings. The first-order valence-corrected chi connectivity index (χ1v) is 21.5. The number of methoxy groups -OCH3 is 2. The molecular weight excluding hydrogens is 793 g/mol. The number of hydrogen-bond acceptors (Lipinski definition) is 11. The number of hydrogen-bond donors (Lipinski definition) is 6. The van der Waals surface area contributed by atoms with E-state index < -0.39 is 42.8 Å². The van der Waals surface area contributed by atoms with Gasteiger partial charge < -0.3 is 50.2 Å². The molecule has 344 valence electrons. The molecule has 1 fully saturated rings. The smallest absolute Gasteiger partial charge is 0.337 e. The maximum absolute atomic E-state index is 12.5. The number of carbonyl (C=O) groups excluding carboxylic acids is 3. The van der Waals surface area contributed by atoms with Crippen LogP contribution >= 0.6 is 0 Å². The number of ether oxygens (including phenoxy) is 4. The van der Waals surface area contributed by atoms with Gasteiger partial charge >= 0.3 is 5.97 Å². The summed E-state index contributed by atoms with van der Waals surface area (Å²) in [4.78, 5) is 38.7. The highest BCUT2D eigenvalue weighted by Gasteiger charge is 2.48. The summed E-state index contributed by atoms with van der Waals surface area (Å²) < 4.78 is 22.0. The van der Waals surface area contributed by atoms with E-state index in [-0.39, 0.29) is 35.2 Å². The molecule has 1 heterocycles. The SMILES string of the molecule is COC(=O)C1OC(OC(/C(C)=C/C(C)CCC/C=C/C(C)C/C=C/CCCN(C)C(=N)N)C(C)/C=C/C=C/C=C/C=C/C=C(\C)C(=O)NC2=C(OC)CCC2=O)C(O)C(O)C1O. The van der Waals surface area contributed by atoms with Crippen molar-refractivity contribution in [2.45, 2.75) is 123 Å². The Morgan fingerprint density at radius 2 is 1.56 bits per heavy atom. The summed E-state index contributed by atoms with van der Waals surface area (Å²) in [7, 11) is 4.44. The van der Waals surface area contributed by atoms with Crippen molar-refractivity contribution in [2.75, 3.05) is 27.8 Å². The fourth-order valence-electron chi connectivity index (χ4n) is 6.77. The van der Waals surface area contributed by atoms with Gasteiger partial charge in [0.1, 0.15) is 29.8 Å². The Bertz CT molecular complexity index is 1740. The van der Waals surface area contributed by atoms with E-state index in [2.05, 4.69) is 49.5 Å². The second kappa shape index (κ2) is 28.7. The first-order chi connectivity index (χ1) is 29.5. The van der Waals surface area contributed by atoms with Crippen LogP contribution in [-0.4, -0.2) is 108 Å². The lowest BCUT2D eigenvalue weighted by molar-refractivity contribution is -0.303. The molecule has 0 aromatic carbocycles. The van der Waals surface area contributed by atoms with Crippen LogP contribution in [0.15, 0.2) is 108 Å². The van der Waals surface area contributed by atoms with Crippen LogP contribution in [0.25, 0.3) is 0 Å². The van der Waals surface area contributed by atoms with Crippen molar-refractivity contribution < 1.29 is 48.7 Å². The lowest BCUT2D eigenvalue weighted by atomic mass is 9.92. The van der Waals surface area contributed by atoms with E-state index in [4.69, 9.17) is 30.1 Å². The van der Waals surface area contributed by atoms with Gasteiger partial charge in [0, 0.05) is 37.9 Å². The number of esters is 1. The van der Waals surface area contributed by atoms with E-state index in [1.54, 1.807) is 36.1 Å². The molecule has 0 radical (unpaired) electrons. The van der Waals surface area contributed by atoms with Crippen molar-refractivity contribution >= 4 is 23.6 Å². The molecular formula is C48H72N4O10. The topological polar surface area (TPSA) is 214 Å². The van der Waals surface area contributed by atoms with Gasteiger partial charge in [0.25, 0.3) is 5.91 Å². The summed E-state index contributed by atoms with van der Waals surface area (Å²) in [5.74, 6) is -0.469. The molecule has 1 aliphatic carbocycles. The van der Waals surface area contributed by atoms with Gasteiger partial charge in [0.05, 0.1) is 20.3 Å². The van der Waals surface area contributed by atoms with Crippen LogP contribution in [0.4, 0.5) is 0 Å². The van der Waals surface area contributed by atoms with E-state index in [1.165, 1.54) is 7.11 Å². The van der Waals surface area contributed by atoms with Crippen molar-refractivity contribution in [2.24, 2.45) is 23.5 Å². The summed E-state index contributed by atoms with van der Waals surface area (Å²) in [6.07, 6.45) is 25.2. The third kappa shape index (κ3) is 18.6. The third-order valence-electron chi connectivity index (χ3n) is 10.6. The quantitative estimate of drug-likeness (QED) is 0.0119. The molecule has 1 saturated heterocycles. The molecule has 9 atom stereocenters. The van der Waals surface area contributed by atoms with Crippen LogP contribution in [0.1, 0.15) is 86.0 Å². The van der Waals surface area contributed by atoms with Gasteiger partial charge in [-0.3, -0.25) is 15.0 Å². The van der Waals surface area contributed by atoms with Crippen LogP contribution in [0.3, 0.4) is 0 Å². The zero-order valence-electron chi connectivity index (χ0n) is 37.9. The Morgan fingerprint density at radius 3 is 2.23 bits per heavy atom. The molecule has 9 unspecified atom stereocenters. The molecule has 0 spiro atoms. The Kier molecular flexibility index (Phi) is 24.6. The number of ketones is 1. The molecule has 1 amide bonds. The largest absolute Gasteiger partial charge is 0.499 e. The Hall–Kier alpha value is -4.86. The third-order valence-corrected chi connectivity index (χ3v) is 10.6. The average Bonchev–Trinajstić information content (AvgIpc) is 3.60. The van der Waals surface area contributed by atoms with E-state index in [9.17, 15) is 29.7 Å². The lowest BCUT2D eigenvalue weighted by Gasteiger charge is -2.41. The van der Waals surface area contributed by atoms with Crippen LogP contribution in [-0.2, 0) is 33.3 Å². The predicted octanol–water partition coefficient (Wildman–Crippen LogP) is 5.99. The number of unbranched alkanes of at least 4 members (excludes halogenated alkanes) is 2. The molecule has 62 heavy (non-hydrogen) atoms. The number of amides is 1. The summed E-state index contributed by atoms with van der Waals surface area (Å²) in [5, 5.41) is 41.9. The minimum atomic E-state index is -1.70. The maximum Gasteiger partial charge on any atom is 0.337 e. The number of guanidine groups is 1. The number of nitrogens with two attached hydrogens (primary N) is 1. The van der Waals surface area contributed by atoms with Gasteiger partial charge in [0.2, 0.25) is 0 Å². The van der Waals surface area contributed by atoms with E-state index in [0.29, 0.717) is 30.1 Å². The summed E-state index contributed by atoms with van der Waals surface area (Å²) in [6.45, 7) is 10.6. The fourth-order valence-corrected chi connectivity index (χ4v) is 6.77. The van der Waals surface area contributed by atoms with Crippen molar-refractivity contribution in [1.29, 1.82) is 5.41 Å². The first kappa shape index (κ1) is 53.3. The number of aliphatic hydroxyl groups is 3. The Morgan fingerprint density at radius 1 is 0.903 bits per heavy atom. The molecule has 0 aromatic heterocycles. The highest BCUT2D eigenvalue weighted by atomic mass is 16.7. The summed E-state index contributed by atoms with van der Waals surface area (Å²) in [6, 6.07) is 0. The maximum atomic E-state index is 12.5. The minimum Gasteiger partial charge on any atom is -0.499 e. The number of rotatable bonds is 25. The normalized spacial score (nSPS) is 23.7. The zero-order valence-corrected chi connectivity index (χ0v) is 37.9. The first-order valence-electron chi connectivity index (χ1n) is 21.5. The van der Waals surface area contributed by atoms with Crippen molar-refractivity contribution in [3.63, 3.8) is 0 Å². The van der Waals surface area contributed by atoms with Gasteiger partial charge in [-0.25, -0.2) is 4.79 Å². The number of Topliss-reactive ketones (excluding diaryl/α,β-unsaturated/α-hetero) is 1. The van der Waals surface area contributed by atoms with Crippen molar-refractivity contribution in [1.82, 2.24) is 10.2 Å². The number of carbonyl (C=O) groups is 3. The highest BCUT2D eigenvalue weighted by molar-refractivity contribution is 6.04. The molecule has 0 bridgehead atoms. The van der Waals surface area contributed by atoms with Gasteiger partial charge in [-0.05, 0) is 69.8 Å². The molecule has 0 saturated carbocycles. The second-order valence-electron chi connectivity index (χ2n) is 16.0. The predicted molar refractivity (Wildman–Crippen MR) is 242 cm³/mol. The summed E-state index contributed by atoms with van der Waals surface area (Å²) in [5.41, 5.74) is 7.01. The van der Waals surface area contributed by atoms with E-state index in [0.717, 1.165) is 57.8 Å². The minimum absolute atomic E-state index is 0.0868. The number of allylic oxidation sites excluding steroid dienone is 15. The van der Waals surface area contributed by atoms with Crippen LogP contribution in [0, 0.1) is 23.2 Å². The van der Waals surface area contributed by atoms with Gasteiger partial charge in [-0.15, -0.1) is 0 Å².